The van der Waals surface area contributed by atoms with Crippen molar-refractivity contribution in [2.24, 2.45) is 5.73 Å². The van der Waals surface area contributed by atoms with Crippen LogP contribution < -0.4 is 11.1 Å². The minimum atomic E-state index is -0.0245. The number of rotatable bonds is 3. The molecule has 1 unspecified atom stereocenters. The average Bonchev–Trinajstić information content (AvgIpc) is 2.04. The quantitative estimate of drug-likeness (QED) is 0.692. The van der Waals surface area contributed by atoms with Gasteiger partial charge in [0.15, 0.2) is 0 Å². The molecular formula is C10H20N2O. The molecule has 0 bridgehead atoms. The van der Waals surface area contributed by atoms with Crippen LogP contribution in [0.2, 0.25) is 0 Å². The van der Waals surface area contributed by atoms with Crippen LogP contribution in [0.25, 0.3) is 0 Å². The molecule has 3 nitrogen and oxygen atoms in total. The second-order valence-corrected chi connectivity index (χ2v) is 4.08. The molecule has 1 saturated carbocycles. The van der Waals surface area contributed by atoms with Gasteiger partial charge in [-0.3, -0.25) is 4.79 Å². The van der Waals surface area contributed by atoms with Crippen LogP contribution in [0.1, 0.15) is 45.4 Å². The topological polar surface area (TPSA) is 55.1 Å². The summed E-state index contributed by atoms with van der Waals surface area (Å²) in [6.07, 6.45) is 6.57. The van der Waals surface area contributed by atoms with Gasteiger partial charge in [-0.1, -0.05) is 19.3 Å². The zero-order valence-electron chi connectivity index (χ0n) is 8.38. The van der Waals surface area contributed by atoms with E-state index in [1.54, 1.807) is 0 Å². The molecule has 0 radical (unpaired) electrons. The normalized spacial score (nSPS) is 21.1. The molecule has 1 atom stereocenters. The summed E-state index contributed by atoms with van der Waals surface area (Å²) in [6.45, 7) is 1.86. The molecule has 0 aliphatic heterocycles. The summed E-state index contributed by atoms with van der Waals surface area (Å²) < 4.78 is 0. The van der Waals surface area contributed by atoms with Gasteiger partial charge in [0.25, 0.3) is 0 Å². The minimum absolute atomic E-state index is 0.0245. The Kier molecular flexibility index (Phi) is 4.22. The average molecular weight is 184 g/mol. The fourth-order valence-electron chi connectivity index (χ4n) is 1.83. The Hall–Kier alpha value is -0.570. The first-order valence-corrected chi connectivity index (χ1v) is 5.23. The van der Waals surface area contributed by atoms with Gasteiger partial charge in [0, 0.05) is 18.5 Å². The molecule has 1 amide bonds. The summed E-state index contributed by atoms with van der Waals surface area (Å²) in [5.74, 6) is 0.113. The SMILES string of the molecule is CC(N)CC(=O)NC1CCCCC1. The van der Waals surface area contributed by atoms with Gasteiger partial charge in [0.2, 0.25) is 5.91 Å². The lowest BCUT2D eigenvalue weighted by atomic mass is 9.95. The third kappa shape index (κ3) is 4.27. The van der Waals surface area contributed by atoms with Gasteiger partial charge in [-0.25, -0.2) is 0 Å². The van der Waals surface area contributed by atoms with Crippen LogP contribution in [0.15, 0.2) is 0 Å². The molecule has 0 aromatic carbocycles. The van der Waals surface area contributed by atoms with Crippen molar-refractivity contribution in [3.63, 3.8) is 0 Å². The molecule has 0 saturated heterocycles. The van der Waals surface area contributed by atoms with E-state index in [1.807, 2.05) is 6.92 Å². The van der Waals surface area contributed by atoms with Gasteiger partial charge in [-0.15, -0.1) is 0 Å². The molecule has 0 spiro atoms. The molecule has 1 rings (SSSR count). The van der Waals surface area contributed by atoms with E-state index in [0.29, 0.717) is 12.5 Å². The van der Waals surface area contributed by atoms with Crippen molar-refractivity contribution < 1.29 is 4.79 Å². The van der Waals surface area contributed by atoms with Crippen molar-refractivity contribution in [2.45, 2.75) is 57.5 Å². The van der Waals surface area contributed by atoms with E-state index in [-0.39, 0.29) is 11.9 Å². The highest BCUT2D eigenvalue weighted by Crippen LogP contribution is 2.17. The van der Waals surface area contributed by atoms with Gasteiger partial charge in [-0.2, -0.15) is 0 Å². The third-order valence-electron chi connectivity index (χ3n) is 2.48. The van der Waals surface area contributed by atoms with Crippen LogP contribution >= 0.6 is 0 Å². The van der Waals surface area contributed by atoms with Gasteiger partial charge in [0.05, 0.1) is 0 Å². The summed E-state index contributed by atoms with van der Waals surface area (Å²) in [6, 6.07) is 0.392. The maximum atomic E-state index is 11.3. The van der Waals surface area contributed by atoms with Crippen LogP contribution in [-0.2, 0) is 4.79 Å². The second kappa shape index (κ2) is 5.22. The highest BCUT2D eigenvalue weighted by atomic mass is 16.1. The zero-order valence-corrected chi connectivity index (χ0v) is 8.38. The number of carbonyl (C=O) groups excluding carboxylic acids is 1. The Morgan fingerprint density at radius 1 is 1.46 bits per heavy atom. The molecular weight excluding hydrogens is 164 g/mol. The van der Waals surface area contributed by atoms with E-state index in [2.05, 4.69) is 5.32 Å². The Balaban J connectivity index is 2.18. The summed E-state index contributed by atoms with van der Waals surface area (Å²) in [5, 5.41) is 3.03. The Labute approximate surface area is 80.1 Å². The fourth-order valence-corrected chi connectivity index (χ4v) is 1.83. The van der Waals surface area contributed by atoms with Crippen molar-refractivity contribution in [3.8, 4) is 0 Å². The highest BCUT2D eigenvalue weighted by molar-refractivity contribution is 5.76. The van der Waals surface area contributed by atoms with E-state index < -0.39 is 0 Å². The molecule has 1 aliphatic rings. The number of hydrogen-bond acceptors (Lipinski definition) is 2. The van der Waals surface area contributed by atoms with Crippen molar-refractivity contribution in [1.29, 1.82) is 0 Å². The maximum Gasteiger partial charge on any atom is 0.221 e. The van der Waals surface area contributed by atoms with Crippen molar-refractivity contribution in [1.82, 2.24) is 5.32 Å². The van der Waals surface area contributed by atoms with E-state index in [4.69, 9.17) is 5.73 Å². The molecule has 0 aromatic rings. The predicted molar refractivity (Wildman–Crippen MR) is 53.3 cm³/mol. The monoisotopic (exact) mass is 184 g/mol. The minimum Gasteiger partial charge on any atom is -0.353 e. The Morgan fingerprint density at radius 2 is 2.08 bits per heavy atom. The first-order valence-electron chi connectivity index (χ1n) is 5.23. The third-order valence-corrected chi connectivity index (χ3v) is 2.48. The van der Waals surface area contributed by atoms with Crippen LogP contribution in [0, 0.1) is 0 Å². The Morgan fingerprint density at radius 3 is 2.62 bits per heavy atom. The molecule has 0 aromatic heterocycles. The number of nitrogens with two attached hydrogens (primary N) is 1. The van der Waals surface area contributed by atoms with Crippen LogP contribution in [0.4, 0.5) is 0 Å². The zero-order chi connectivity index (χ0) is 9.68. The van der Waals surface area contributed by atoms with E-state index in [1.165, 1.54) is 19.3 Å². The fraction of sp³-hybridized carbons (Fsp3) is 0.900. The molecule has 76 valence electrons. The molecule has 0 heterocycles. The van der Waals surface area contributed by atoms with Crippen molar-refractivity contribution in [3.05, 3.63) is 0 Å². The van der Waals surface area contributed by atoms with Crippen LogP contribution in [-0.4, -0.2) is 18.0 Å². The summed E-state index contributed by atoms with van der Waals surface area (Å²) in [7, 11) is 0. The van der Waals surface area contributed by atoms with Crippen molar-refractivity contribution >= 4 is 5.91 Å². The van der Waals surface area contributed by atoms with Gasteiger partial charge >= 0.3 is 0 Å². The lowest BCUT2D eigenvalue weighted by Gasteiger charge is -2.23. The first kappa shape index (κ1) is 10.5. The summed E-state index contributed by atoms with van der Waals surface area (Å²) in [4.78, 5) is 11.3. The van der Waals surface area contributed by atoms with Crippen LogP contribution in [0.3, 0.4) is 0 Å². The van der Waals surface area contributed by atoms with E-state index in [0.717, 1.165) is 12.8 Å². The maximum absolute atomic E-state index is 11.3. The van der Waals surface area contributed by atoms with Gasteiger partial charge < -0.3 is 11.1 Å². The standard InChI is InChI=1S/C10H20N2O/c1-8(11)7-10(13)12-9-5-3-2-4-6-9/h8-9H,2-7,11H2,1H3,(H,12,13). The lowest BCUT2D eigenvalue weighted by Crippen LogP contribution is -2.38. The number of nitrogens with one attached hydrogen (secondary N) is 1. The second-order valence-electron chi connectivity index (χ2n) is 4.08. The first-order chi connectivity index (χ1) is 6.18. The van der Waals surface area contributed by atoms with E-state index >= 15 is 0 Å². The summed E-state index contributed by atoms with van der Waals surface area (Å²) >= 11 is 0. The van der Waals surface area contributed by atoms with Gasteiger partial charge in [0.1, 0.15) is 0 Å². The number of carbonyl (C=O) groups is 1. The van der Waals surface area contributed by atoms with Crippen molar-refractivity contribution in [2.75, 3.05) is 0 Å². The number of amides is 1. The molecule has 13 heavy (non-hydrogen) atoms. The molecule has 3 heteroatoms. The summed E-state index contributed by atoms with van der Waals surface area (Å²) in [5.41, 5.74) is 5.54. The van der Waals surface area contributed by atoms with Crippen LogP contribution in [0.5, 0.6) is 0 Å². The smallest absolute Gasteiger partial charge is 0.221 e. The van der Waals surface area contributed by atoms with Gasteiger partial charge in [-0.05, 0) is 19.8 Å². The highest BCUT2D eigenvalue weighted by Gasteiger charge is 2.15. The van der Waals surface area contributed by atoms with E-state index in [9.17, 15) is 4.79 Å². The molecule has 3 N–H and O–H groups in total. The molecule has 1 fully saturated rings. The predicted octanol–water partition coefficient (Wildman–Crippen LogP) is 1.17. The Bertz CT molecular complexity index is 162. The largest absolute Gasteiger partial charge is 0.353 e. The molecule has 1 aliphatic carbocycles. The lowest BCUT2D eigenvalue weighted by molar-refractivity contribution is -0.122. The number of hydrogen-bond donors (Lipinski definition) is 2.